The van der Waals surface area contributed by atoms with Gasteiger partial charge in [-0.15, -0.1) is 0 Å². The third-order valence-corrected chi connectivity index (χ3v) is 3.30. The van der Waals surface area contributed by atoms with E-state index in [2.05, 4.69) is 52.3 Å². The number of ether oxygens (including phenoxy) is 1. The zero-order valence-electron chi connectivity index (χ0n) is 10.5. The van der Waals surface area contributed by atoms with Crippen molar-refractivity contribution in [3.63, 3.8) is 0 Å². The molecule has 0 saturated heterocycles. The Morgan fingerprint density at radius 1 is 1.21 bits per heavy atom. The number of nitrogens with zero attached hydrogens (tertiary/aromatic N) is 1. The minimum atomic E-state index is 0.520. The van der Waals surface area contributed by atoms with E-state index in [9.17, 15) is 0 Å². The highest BCUT2D eigenvalue weighted by Gasteiger charge is 2.02. The molecule has 0 spiro atoms. The zero-order valence-corrected chi connectivity index (χ0v) is 12.1. The van der Waals surface area contributed by atoms with Crippen molar-refractivity contribution >= 4 is 22.1 Å². The van der Waals surface area contributed by atoms with E-state index in [4.69, 9.17) is 9.94 Å². The highest BCUT2D eigenvalue weighted by molar-refractivity contribution is 9.10. The van der Waals surface area contributed by atoms with E-state index in [1.165, 1.54) is 11.8 Å². The molecule has 1 N–H and O–H groups in total. The lowest BCUT2D eigenvalue weighted by Gasteiger charge is -2.09. The Labute approximate surface area is 120 Å². The topological polar surface area (TPSA) is 41.8 Å². The summed E-state index contributed by atoms with van der Waals surface area (Å²) in [4.78, 5) is 0. The molecule has 2 aromatic carbocycles. The van der Waals surface area contributed by atoms with E-state index in [1.54, 1.807) is 0 Å². The molecule has 0 aliphatic heterocycles. The normalized spacial score (nSPS) is 10.8. The summed E-state index contributed by atoms with van der Waals surface area (Å²) in [5, 5.41) is 11.5. The predicted molar refractivity (Wildman–Crippen MR) is 79.0 cm³/mol. The average Bonchev–Trinajstić information content (AvgIpc) is 2.40. The number of hydrogen-bond donors (Lipinski definition) is 1. The fourth-order valence-electron chi connectivity index (χ4n) is 1.63. The Hall–Kier alpha value is -1.81. The highest BCUT2D eigenvalue weighted by atomic mass is 79.9. The Kier molecular flexibility index (Phi) is 4.58. The molecule has 2 aromatic rings. The van der Waals surface area contributed by atoms with Gasteiger partial charge in [0.1, 0.15) is 12.4 Å². The predicted octanol–water partition coefficient (Wildman–Crippen LogP) is 4.14. The Morgan fingerprint density at radius 3 is 2.58 bits per heavy atom. The van der Waals surface area contributed by atoms with Crippen LogP contribution in [0.1, 0.15) is 16.7 Å². The third kappa shape index (κ3) is 3.83. The lowest BCUT2D eigenvalue weighted by Crippen LogP contribution is -1.96. The smallest absolute Gasteiger partial charge is 0.134 e. The molecule has 0 radical (unpaired) electrons. The van der Waals surface area contributed by atoms with Crippen molar-refractivity contribution in [3.05, 3.63) is 63.6 Å². The van der Waals surface area contributed by atoms with Gasteiger partial charge in [0.2, 0.25) is 0 Å². The van der Waals surface area contributed by atoms with Crippen LogP contribution in [0, 0.1) is 6.92 Å². The molecule has 2 rings (SSSR count). The number of aryl methyl sites for hydroxylation is 1. The maximum absolute atomic E-state index is 8.48. The first-order valence-corrected chi connectivity index (χ1v) is 6.63. The molecule has 98 valence electrons. The molecular formula is C15H14BrNO2. The van der Waals surface area contributed by atoms with Gasteiger partial charge in [-0.3, -0.25) is 0 Å². The summed E-state index contributed by atoms with van der Waals surface area (Å²) in [5.74, 6) is 0.760. The van der Waals surface area contributed by atoms with E-state index >= 15 is 0 Å². The van der Waals surface area contributed by atoms with Crippen LogP contribution in [0.25, 0.3) is 0 Å². The Bertz CT molecular complexity index is 579. The zero-order chi connectivity index (χ0) is 13.7. The van der Waals surface area contributed by atoms with Crippen molar-refractivity contribution in [3.8, 4) is 5.75 Å². The van der Waals surface area contributed by atoms with Crippen LogP contribution in [-0.4, -0.2) is 11.4 Å². The molecule has 0 fully saturated rings. The average molecular weight is 320 g/mol. The van der Waals surface area contributed by atoms with Gasteiger partial charge in [0.15, 0.2) is 0 Å². The summed E-state index contributed by atoms with van der Waals surface area (Å²) in [6, 6.07) is 13.7. The molecular weight excluding hydrogens is 306 g/mol. The van der Waals surface area contributed by atoms with Crippen LogP contribution in [0.15, 0.2) is 52.1 Å². The molecule has 3 nitrogen and oxygen atoms in total. The van der Waals surface area contributed by atoms with Crippen LogP contribution in [-0.2, 0) is 6.61 Å². The molecule has 0 aliphatic carbocycles. The maximum atomic E-state index is 8.48. The molecule has 0 saturated carbocycles. The molecule has 0 heterocycles. The van der Waals surface area contributed by atoms with Crippen LogP contribution < -0.4 is 4.74 Å². The van der Waals surface area contributed by atoms with E-state index in [0.717, 1.165) is 21.3 Å². The minimum Gasteiger partial charge on any atom is -0.488 e. The third-order valence-electron chi connectivity index (χ3n) is 2.68. The van der Waals surface area contributed by atoms with Crippen molar-refractivity contribution < 1.29 is 9.94 Å². The van der Waals surface area contributed by atoms with Crippen LogP contribution in [0.5, 0.6) is 5.75 Å². The van der Waals surface area contributed by atoms with Crippen LogP contribution >= 0.6 is 15.9 Å². The summed E-state index contributed by atoms with van der Waals surface area (Å²) in [7, 11) is 0. The summed E-state index contributed by atoms with van der Waals surface area (Å²) < 4.78 is 6.57. The molecule has 4 heteroatoms. The fourth-order valence-corrected chi connectivity index (χ4v) is 2.14. The van der Waals surface area contributed by atoms with E-state index in [1.807, 2.05) is 18.2 Å². The van der Waals surface area contributed by atoms with Crippen LogP contribution in [0.3, 0.4) is 0 Å². The molecule has 19 heavy (non-hydrogen) atoms. The fraction of sp³-hybridized carbons (Fsp3) is 0.133. The largest absolute Gasteiger partial charge is 0.488 e. The molecule has 0 aliphatic rings. The first-order valence-electron chi connectivity index (χ1n) is 5.84. The summed E-state index contributed by atoms with van der Waals surface area (Å²) in [6.07, 6.45) is 1.37. The van der Waals surface area contributed by atoms with Crippen molar-refractivity contribution in [1.29, 1.82) is 0 Å². The maximum Gasteiger partial charge on any atom is 0.134 e. The van der Waals surface area contributed by atoms with Crippen LogP contribution in [0.4, 0.5) is 0 Å². The van der Waals surface area contributed by atoms with Gasteiger partial charge in [-0.25, -0.2) is 0 Å². The molecule has 0 bridgehead atoms. The quantitative estimate of drug-likeness (QED) is 0.522. The van der Waals surface area contributed by atoms with Crippen molar-refractivity contribution in [2.24, 2.45) is 5.16 Å². The lowest BCUT2D eigenvalue weighted by atomic mass is 10.2. The Balaban J connectivity index is 2.05. The summed E-state index contributed by atoms with van der Waals surface area (Å²) in [5.41, 5.74) is 3.16. The van der Waals surface area contributed by atoms with Gasteiger partial charge in [-0.05, 0) is 52.2 Å². The van der Waals surface area contributed by atoms with Gasteiger partial charge >= 0.3 is 0 Å². The van der Waals surface area contributed by atoms with Crippen molar-refractivity contribution in [1.82, 2.24) is 0 Å². The van der Waals surface area contributed by atoms with Crippen LogP contribution in [0.2, 0.25) is 0 Å². The van der Waals surface area contributed by atoms with Crippen molar-refractivity contribution in [2.75, 3.05) is 0 Å². The van der Waals surface area contributed by atoms with E-state index < -0.39 is 0 Å². The number of hydrogen-bond acceptors (Lipinski definition) is 3. The second kappa shape index (κ2) is 6.38. The number of halogens is 1. The van der Waals surface area contributed by atoms with Gasteiger partial charge in [-0.2, -0.15) is 0 Å². The van der Waals surface area contributed by atoms with Gasteiger partial charge in [0.05, 0.1) is 10.7 Å². The van der Waals surface area contributed by atoms with Gasteiger partial charge in [0.25, 0.3) is 0 Å². The van der Waals surface area contributed by atoms with E-state index in [-0.39, 0.29) is 0 Å². The first-order chi connectivity index (χ1) is 9.19. The van der Waals surface area contributed by atoms with Crippen molar-refractivity contribution in [2.45, 2.75) is 13.5 Å². The highest BCUT2D eigenvalue weighted by Crippen LogP contribution is 2.26. The summed E-state index contributed by atoms with van der Waals surface area (Å²) >= 11 is 3.43. The van der Waals surface area contributed by atoms with Gasteiger partial charge in [-0.1, -0.05) is 35.0 Å². The molecule has 0 unspecified atom stereocenters. The standard InChI is InChI=1S/C15H14BrNO2/c1-11-2-4-12(5-3-11)10-19-15-7-6-13(9-17-18)8-14(15)16/h2-9,18H,10H2,1H3/b17-9+. The first kappa shape index (κ1) is 13.6. The SMILES string of the molecule is Cc1ccc(COc2ccc(/C=N/O)cc2Br)cc1. The molecule has 0 atom stereocenters. The summed E-state index contributed by atoms with van der Waals surface area (Å²) in [6.45, 7) is 2.58. The monoisotopic (exact) mass is 319 g/mol. The second-order valence-corrected chi connectivity index (χ2v) is 5.06. The molecule has 0 aromatic heterocycles. The lowest BCUT2D eigenvalue weighted by molar-refractivity contribution is 0.304. The molecule has 0 amide bonds. The minimum absolute atomic E-state index is 0.520. The second-order valence-electron chi connectivity index (χ2n) is 4.21. The van der Waals surface area contributed by atoms with Gasteiger partial charge in [0, 0.05) is 0 Å². The van der Waals surface area contributed by atoms with Gasteiger partial charge < -0.3 is 9.94 Å². The number of oxime groups is 1. The number of benzene rings is 2. The van der Waals surface area contributed by atoms with E-state index in [0.29, 0.717) is 6.61 Å². The Morgan fingerprint density at radius 2 is 1.95 bits per heavy atom. The number of rotatable bonds is 4.